The Hall–Kier alpha value is -2.79. The summed E-state index contributed by atoms with van der Waals surface area (Å²) in [4.78, 5) is 29.0. The van der Waals surface area contributed by atoms with Gasteiger partial charge in [-0.3, -0.25) is 9.78 Å². The van der Waals surface area contributed by atoms with E-state index in [9.17, 15) is 4.79 Å². The van der Waals surface area contributed by atoms with Gasteiger partial charge >= 0.3 is 0 Å². The van der Waals surface area contributed by atoms with Crippen LogP contribution in [0.3, 0.4) is 0 Å². The molecular formula is C24H25ClN4O. The van der Waals surface area contributed by atoms with Crippen molar-refractivity contribution in [2.75, 3.05) is 11.4 Å². The van der Waals surface area contributed by atoms with Gasteiger partial charge in [0.05, 0.1) is 22.5 Å². The third-order valence-electron chi connectivity index (χ3n) is 5.69. The molecule has 0 saturated carbocycles. The quantitative estimate of drug-likeness (QED) is 0.580. The van der Waals surface area contributed by atoms with Gasteiger partial charge in [-0.1, -0.05) is 23.7 Å². The molecule has 3 heterocycles. The maximum Gasteiger partial charge on any atom is 0.148 e. The zero-order valence-corrected chi connectivity index (χ0v) is 18.3. The predicted molar refractivity (Wildman–Crippen MR) is 120 cm³/mol. The van der Waals surface area contributed by atoms with E-state index in [1.54, 1.807) is 6.20 Å². The molecule has 0 saturated heterocycles. The van der Waals surface area contributed by atoms with E-state index in [2.05, 4.69) is 20.9 Å². The van der Waals surface area contributed by atoms with Crippen molar-refractivity contribution >= 4 is 28.9 Å². The third kappa shape index (κ3) is 4.08. The molecule has 0 bridgehead atoms. The van der Waals surface area contributed by atoms with Crippen LogP contribution >= 0.6 is 11.6 Å². The van der Waals surface area contributed by atoms with Crippen LogP contribution in [0, 0.1) is 6.92 Å². The Morgan fingerprint density at radius 2 is 1.87 bits per heavy atom. The lowest BCUT2D eigenvalue weighted by molar-refractivity contribution is -0.122. The number of pyridine rings is 1. The molecule has 0 aliphatic carbocycles. The van der Waals surface area contributed by atoms with Crippen molar-refractivity contribution in [3.63, 3.8) is 0 Å². The lowest BCUT2D eigenvalue weighted by Gasteiger charge is -2.31. The van der Waals surface area contributed by atoms with Crippen LogP contribution in [0.25, 0.3) is 0 Å². The molecule has 0 fully saturated rings. The molecule has 1 aliphatic heterocycles. The number of nitrogens with zero attached hydrogens (tertiary/aromatic N) is 4. The second-order valence-electron chi connectivity index (χ2n) is 8.23. The molecule has 0 spiro atoms. The summed E-state index contributed by atoms with van der Waals surface area (Å²) in [5.74, 6) is 1.77. The maximum atomic E-state index is 13.1. The third-order valence-corrected chi connectivity index (χ3v) is 5.94. The summed E-state index contributed by atoms with van der Waals surface area (Å²) in [7, 11) is 0. The van der Waals surface area contributed by atoms with E-state index in [-0.39, 0.29) is 5.78 Å². The first-order valence-electron chi connectivity index (χ1n) is 10.2. The second-order valence-corrected chi connectivity index (χ2v) is 8.67. The molecular weight excluding hydrogens is 396 g/mol. The highest BCUT2D eigenvalue weighted by Gasteiger charge is 2.32. The molecule has 1 aliphatic rings. The van der Waals surface area contributed by atoms with E-state index < -0.39 is 5.41 Å². The summed E-state index contributed by atoms with van der Waals surface area (Å²) in [5, 5.41) is 0.672. The van der Waals surface area contributed by atoms with Crippen molar-refractivity contribution in [2.45, 2.75) is 45.4 Å². The lowest BCUT2D eigenvalue weighted by Crippen LogP contribution is -2.33. The zero-order valence-electron chi connectivity index (χ0n) is 17.5. The number of ketones is 1. The largest absolute Gasteiger partial charge is 0.325 e. The minimum absolute atomic E-state index is 0.136. The van der Waals surface area contributed by atoms with Crippen LogP contribution in [0.15, 0.2) is 48.7 Å². The molecule has 0 atom stereocenters. The summed E-state index contributed by atoms with van der Waals surface area (Å²) in [6.45, 7) is 6.69. The van der Waals surface area contributed by atoms with Crippen LogP contribution in [-0.4, -0.2) is 27.3 Å². The average Bonchev–Trinajstić information content (AvgIpc) is 2.74. The van der Waals surface area contributed by atoms with Crippen molar-refractivity contribution in [1.29, 1.82) is 0 Å². The number of aromatic nitrogens is 3. The number of fused-ring (bicyclic) bond motifs is 1. The van der Waals surface area contributed by atoms with E-state index in [0.29, 0.717) is 11.4 Å². The topological polar surface area (TPSA) is 59.0 Å². The van der Waals surface area contributed by atoms with Gasteiger partial charge in [0.1, 0.15) is 17.4 Å². The normalized spacial score (nSPS) is 13.8. The van der Waals surface area contributed by atoms with Crippen LogP contribution < -0.4 is 4.90 Å². The van der Waals surface area contributed by atoms with Crippen molar-refractivity contribution in [2.24, 2.45) is 0 Å². The molecule has 5 nitrogen and oxygen atoms in total. The van der Waals surface area contributed by atoms with Crippen molar-refractivity contribution in [3.8, 4) is 0 Å². The number of hydrogen-bond acceptors (Lipinski definition) is 5. The molecule has 0 amide bonds. The maximum absolute atomic E-state index is 13.1. The van der Waals surface area contributed by atoms with Gasteiger partial charge in [0.15, 0.2) is 0 Å². The highest BCUT2D eigenvalue weighted by Crippen LogP contribution is 2.34. The second kappa shape index (κ2) is 8.15. The molecule has 0 unspecified atom stereocenters. The van der Waals surface area contributed by atoms with Crippen LogP contribution in [0.2, 0.25) is 5.02 Å². The van der Waals surface area contributed by atoms with E-state index in [0.717, 1.165) is 53.7 Å². The predicted octanol–water partition coefficient (Wildman–Crippen LogP) is 5.01. The molecule has 4 rings (SSSR count). The number of anilines is 2. The minimum Gasteiger partial charge on any atom is -0.325 e. The van der Waals surface area contributed by atoms with Gasteiger partial charge in [0, 0.05) is 24.2 Å². The number of hydrogen-bond donors (Lipinski definition) is 0. The van der Waals surface area contributed by atoms with Gasteiger partial charge in [-0.15, -0.1) is 0 Å². The molecule has 1 aromatic carbocycles. The first-order valence-corrected chi connectivity index (χ1v) is 10.6. The summed E-state index contributed by atoms with van der Waals surface area (Å²) in [5.41, 5.74) is 3.16. The Balaban J connectivity index is 1.61. The number of Topliss-reactive ketones (excluding diaryl/α,β-unsaturated/α-hetero) is 1. The summed E-state index contributed by atoms with van der Waals surface area (Å²) in [6, 6.07) is 13.4. The summed E-state index contributed by atoms with van der Waals surface area (Å²) in [6.07, 6.45) is 4.03. The minimum atomic E-state index is -0.678. The Morgan fingerprint density at radius 1 is 1.10 bits per heavy atom. The Labute approximate surface area is 182 Å². The average molecular weight is 421 g/mol. The Kier molecular flexibility index (Phi) is 5.56. The zero-order chi connectivity index (χ0) is 21.3. The molecule has 154 valence electrons. The fourth-order valence-electron chi connectivity index (χ4n) is 3.78. The highest BCUT2D eigenvalue weighted by molar-refractivity contribution is 6.30. The molecule has 0 radical (unpaired) electrons. The monoisotopic (exact) mass is 420 g/mol. The highest BCUT2D eigenvalue weighted by atomic mass is 35.5. The van der Waals surface area contributed by atoms with E-state index in [4.69, 9.17) is 16.6 Å². The first-order chi connectivity index (χ1) is 14.3. The van der Waals surface area contributed by atoms with Crippen LogP contribution in [0.5, 0.6) is 0 Å². The molecule has 2 aromatic heterocycles. The summed E-state index contributed by atoms with van der Waals surface area (Å²) < 4.78 is 0. The Bertz CT molecular complexity index is 1080. The smallest absolute Gasteiger partial charge is 0.148 e. The number of rotatable bonds is 5. The number of halogens is 1. The van der Waals surface area contributed by atoms with Crippen LogP contribution in [0.1, 0.15) is 43.0 Å². The van der Waals surface area contributed by atoms with Gasteiger partial charge < -0.3 is 4.90 Å². The van der Waals surface area contributed by atoms with Crippen molar-refractivity contribution < 1.29 is 4.79 Å². The number of aryl methyl sites for hydroxylation is 2. The molecule has 3 aromatic rings. The summed E-state index contributed by atoms with van der Waals surface area (Å²) >= 11 is 5.96. The van der Waals surface area contributed by atoms with Gasteiger partial charge in [0.25, 0.3) is 0 Å². The van der Waals surface area contributed by atoms with Gasteiger partial charge in [-0.25, -0.2) is 9.97 Å². The van der Waals surface area contributed by atoms with E-state index >= 15 is 0 Å². The Morgan fingerprint density at radius 3 is 2.60 bits per heavy atom. The molecule has 30 heavy (non-hydrogen) atoms. The van der Waals surface area contributed by atoms with Gasteiger partial charge in [-0.05, 0) is 69.5 Å². The number of carbonyl (C=O) groups is 1. The van der Waals surface area contributed by atoms with Crippen molar-refractivity contribution in [1.82, 2.24) is 15.0 Å². The number of benzene rings is 1. The number of carbonyl (C=O) groups excluding carboxylic acids is 1. The van der Waals surface area contributed by atoms with E-state index in [1.165, 1.54) is 0 Å². The SMILES string of the molecule is Cc1nccc(N2CCCc3nc(C(C)(C)C(=O)Cc4ccc(Cl)cc4)ccc32)n1. The van der Waals surface area contributed by atoms with Gasteiger partial charge in [-0.2, -0.15) is 0 Å². The van der Waals surface area contributed by atoms with Gasteiger partial charge in [0.2, 0.25) is 0 Å². The van der Waals surface area contributed by atoms with Crippen LogP contribution in [-0.2, 0) is 23.1 Å². The van der Waals surface area contributed by atoms with Crippen molar-refractivity contribution in [3.05, 3.63) is 76.5 Å². The van der Waals surface area contributed by atoms with Crippen LogP contribution in [0.4, 0.5) is 11.5 Å². The van der Waals surface area contributed by atoms with E-state index in [1.807, 2.05) is 57.2 Å². The molecule has 0 N–H and O–H groups in total. The molecule has 6 heteroatoms. The lowest BCUT2D eigenvalue weighted by atomic mass is 9.81. The fourth-order valence-corrected chi connectivity index (χ4v) is 3.91. The first kappa shape index (κ1) is 20.5. The standard InChI is InChI=1S/C24H25ClN4O/c1-16-26-13-12-23(27-16)29-14-4-5-19-20(29)10-11-21(28-19)24(2,3)22(30)15-17-6-8-18(25)9-7-17/h6-13H,4-5,14-15H2,1-3H3. The fraction of sp³-hybridized carbons (Fsp3) is 0.333.